The Hall–Kier alpha value is -2.73. The lowest BCUT2D eigenvalue weighted by molar-refractivity contribution is -0.119. The molecule has 0 spiro atoms. The zero-order valence-corrected chi connectivity index (χ0v) is 20.7. The molecule has 0 aromatic heterocycles. The number of thioether (sulfide) groups is 2. The molecule has 0 aliphatic carbocycles. The fraction of sp³-hybridized carbons (Fsp3) is 0.476. The van der Waals surface area contributed by atoms with Gasteiger partial charge >= 0.3 is 0 Å². The first-order valence-corrected chi connectivity index (χ1v) is 12.6. The number of hydrogen-bond donors (Lipinski definition) is 5. The first-order chi connectivity index (χ1) is 15.8. The van der Waals surface area contributed by atoms with Crippen LogP contribution in [0.3, 0.4) is 0 Å². The largest absolute Gasteiger partial charge is 0.358 e. The van der Waals surface area contributed by atoms with Gasteiger partial charge in [0.25, 0.3) is 11.8 Å². The third kappa shape index (κ3) is 12.2. The van der Waals surface area contributed by atoms with E-state index in [0.29, 0.717) is 52.8 Å². The van der Waals surface area contributed by atoms with Crippen molar-refractivity contribution in [3.63, 3.8) is 0 Å². The number of hydrogen-bond acceptors (Lipinski definition) is 7. The number of amides is 5. The number of benzene rings is 1. The highest BCUT2D eigenvalue weighted by atomic mass is 32.2. The molecule has 0 saturated carbocycles. The van der Waals surface area contributed by atoms with E-state index in [4.69, 9.17) is 0 Å². The summed E-state index contributed by atoms with van der Waals surface area (Å²) in [5, 5.41) is 13.3. The maximum atomic E-state index is 12.6. The van der Waals surface area contributed by atoms with Crippen molar-refractivity contribution < 1.29 is 24.0 Å². The summed E-state index contributed by atoms with van der Waals surface area (Å²) >= 11 is 2.79. The van der Waals surface area contributed by atoms with Crippen molar-refractivity contribution in [2.75, 3.05) is 50.2 Å². The highest BCUT2D eigenvalue weighted by Crippen LogP contribution is 2.12. The van der Waals surface area contributed by atoms with E-state index in [-0.39, 0.29) is 36.1 Å². The van der Waals surface area contributed by atoms with Gasteiger partial charge in [0.1, 0.15) is 0 Å². The van der Waals surface area contributed by atoms with E-state index >= 15 is 0 Å². The van der Waals surface area contributed by atoms with Gasteiger partial charge in [-0.25, -0.2) is 0 Å². The van der Waals surface area contributed by atoms with Gasteiger partial charge in [-0.2, -0.15) is 23.5 Å². The number of nitrogens with one attached hydrogen (secondary N) is 5. The lowest BCUT2D eigenvalue weighted by Gasteiger charge is -2.11. The van der Waals surface area contributed by atoms with Crippen LogP contribution < -0.4 is 26.6 Å². The van der Waals surface area contributed by atoms with Gasteiger partial charge in [-0.05, 0) is 23.8 Å². The Morgan fingerprint density at radius 1 is 0.727 bits per heavy atom. The van der Waals surface area contributed by atoms with Gasteiger partial charge in [0, 0.05) is 63.3 Å². The monoisotopic (exact) mass is 497 g/mol. The van der Waals surface area contributed by atoms with Crippen LogP contribution in [-0.2, 0) is 20.9 Å². The number of rotatable bonds is 14. The van der Waals surface area contributed by atoms with Gasteiger partial charge in [0.05, 0.1) is 11.5 Å². The molecular weight excluding hydrogens is 466 g/mol. The summed E-state index contributed by atoms with van der Waals surface area (Å²) in [5.41, 5.74) is 1.22. The van der Waals surface area contributed by atoms with Gasteiger partial charge in [0.2, 0.25) is 17.7 Å². The molecule has 0 aliphatic heterocycles. The van der Waals surface area contributed by atoms with Gasteiger partial charge in [-0.15, -0.1) is 0 Å². The number of carbonyl (C=O) groups is 5. The van der Waals surface area contributed by atoms with Crippen molar-refractivity contribution in [1.82, 2.24) is 26.6 Å². The minimum atomic E-state index is -0.351. The Balaban J connectivity index is 2.73. The van der Waals surface area contributed by atoms with Crippen LogP contribution in [0.1, 0.15) is 33.2 Å². The summed E-state index contributed by atoms with van der Waals surface area (Å²) in [7, 11) is 3.13. The van der Waals surface area contributed by atoms with Crippen molar-refractivity contribution in [2.24, 2.45) is 0 Å². The molecule has 5 amide bonds. The van der Waals surface area contributed by atoms with Crippen LogP contribution >= 0.6 is 23.5 Å². The first kappa shape index (κ1) is 28.3. The Morgan fingerprint density at radius 2 is 1.18 bits per heavy atom. The van der Waals surface area contributed by atoms with Gasteiger partial charge in [-0.1, -0.05) is 0 Å². The van der Waals surface area contributed by atoms with Crippen LogP contribution in [0, 0.1) is 0 Å². The van der Waals surface area contributed by atoms with E-state index in [1.807, 2.05) is 0 Å². The quantitative estimate of drug-likeness (QED) is 0.223. The second-order valence-electron chi connectivity index (χ2n) is 6.79. The molecule has 0 unspecified atom stereocenters. The zero-order valence-electron chi connectivity index (χ0n) is 19.0. The Labute approximate surface area is 202 Å². The molecular formula is C21H31N5O5S2. The Kier molecular flexibility index (Phi) is 13.7. The molecule has 12 heteroatoms. The summed E-state index contributed by atoms with van der Waals surface area (Å²) < 4.78 is 0. The van der Waals surface area contributed by atoms with Crippen LogP contribution in [0.25, 0.3) is 0 Å². The standard InChI is InChI=1S/C21H31N5O5S2/c1-14(27)26-11-15-8-16(20(30)24-4-6-32-12-18(28)22-2)10-17(9-15)21(31)25-5-7-33-13-19(29)23-3/h8-10H,4-7,11-13H2,1-3H3,(H,22,28)(H,23,29)(H,24,30)(H,25,31)(H,26,27). The van der Waals surface area contributed by atoms with E-state index in [9.17, 15) is 24.0 Å². The average molecular weight is 498 g/mol. The van der Waals surface area contributed by atoms with Crippen LogP contribution in [0.5, 0.6) is 0 Å². The molecule has 0 radical (unpaired) electrons. The fourth-order valence-electron chi connectivity index (χ4n) is 2.43. The molecule has 1 rings (SSSR count). The molecule has 0 atom stereocenters. The maximum absolute atomic E-state index is 12.6. The molecule has 10 nitrogen and oxygen atoms in total. The molecule has 0 aliphatic rings. The van der Waals surface area contributed by atoms with E-state index in [1.54, 1.807) is 26.2 Å². The minimum Gasteiger partial charge on any atom is -0.358 e. The third-order valence-corrected chi connectivity index (χ3v) is 6.06. The van der Waals surface area contributed by atoms with Gasteiger partial charge in [-0.3, -0.25) is 24.0 Å². The molecule has 1 aromatic rings. The van der Waals surface area contributed by atoms with Crippen LogP contribution in [0.15, 0.2) is 18.2 Å². The van der Waals surface area contributed by atoms with Crippen LogP contribution in [-0.4, -0.2) is 79.7 Å². The van der Waals surface area contributed by atoms with Gasteiger partial charge < -0.3 is 26.6 Å². The predicted octanol–water partition coefficient (Wildman–Crippen LogP) is -0.259. The molecule has 182 valence electrons. The first-order valence-electron chi connectivity index (χ1n) is 10.3. The Morgan fingerprint density at radius 3 is 1.58 bits per heavy atom. The lowest BCUT2D eigenvalue weighted by Crippen LogP contribution is -2.29. The second-order valence-corrected chi connectivity index (χ2v) is 9.00. The normalized spacial score (nSPS) is 10.2. The summed E-state index contributed by atoms with van der Waals surface area (Å²) in [6.07, 6.45) is 0. The molecule has 0 heterocycles. The highest BCUT2D eigenvalue weighted by molar-refractivity contribution is 8.00. The predicted molar refractivity (Wildman–Crippen MR) is 131 cm³/mol. The highest BCUT2D eigenvalue weighted by Gasteiger charge is 2.13. The van der Waals surface area contributed by atoms with E-state index in [0.717, 1.165) is 0 Å². The average Bonchev–Trinajstić information content (AvgIpc) is 2.81. The Bertz CT molecular complexity index is 794. The van der Waals surface area contributed by atoms with Crippen molar-refractivity contribution in [2.45, 2.75) is 13.5 Å². The molecule has 33 heavy (non-hydrogen) atoms. The summed E-state index contributed by atoms with van der Waals surface area (Å²) in [6, 6.07) is 4.75. The second kappa shape index (κ2) is 16.0. The zero-order chi connectivity index (χ0) is 24.6. The van der Waals surface area contributed by atoms with Crippen molar-refractivity contribution in [1.29, 1.82) is 0 Å². The van der Waals surface area contributed by atoms with E-state index in [2.05, 4.69) is 26.6 Å². The van der Waals surface area contributed by atoms with E-state index in [1.165, 1.54) is 36.5 Å². The molecule has 0 bridgehead atoms. The van der Waals surface area contributed by atoms with Crippen molar-refractivity contribution in [3.8, 4) is 0 Å². The lowest BCUT2D eigenvalue weighted by atomic mass is 10.0. The van der Waals surface area contributed by atoms with E-state index < -0.39 is 0 Å². The maximum Gasteiger partial charge on any atom is 0.251 e. The summed E-state index contributed by atoms with van der Waals surface area (Å²) in [5.74, 6) is 0.647. The topological polar surface area (TPSA) is 146 Å². The third-order valence-electron chi connectivity index (χ3n) is 4.15. The fourth-order valence-corrected chi connectivity index (χ4v) is 3.88. The van der Waals surface area contributed by atoms with Crippen LogP contribution in [0.4, 0.5) is 0 Å². The van der Waals surface area contributed by atoms with Crippen LogP contribution in [0.2, 0.25) is 0 Å². The molecule has 0 saturated heterocycles. The minimum absolute atomic E-state index is 0.0836. The van der Waals surface area contributed by atoms with Gasteiger partial charge in [0.15, 0.2) is 0 Å². The SMILES string of the molecule is CNC(=O)CSCCNC(=O)c1cc(CNC(C)=O)cc(C(=O)NCCSCC(=O)NC)c1. The molecule has 5 N–H and O–H groups in total. The smallest absolute Gasteiger partial charge is 0.251 e. The van der Waals surface area contributed by atoms with Crippen molar-refractivity contribution >= 4 is 53.1 Å². The summed E-state index contributed by atoms with van der Waals surface area (Å²) in [4.78, 5) is 58.9. The molecule has 1 aromatic carbocycles. The molecule has 0 fully saturated rings. The van der Waals surface area contributed by atoms with Crippen molar-refractivity contribution in [3.05, 3.63) is 34.9 Å². The summed E-state index contributed by atoms with van der Waals surface area (Å²) in [6.45, 7) is 2.29. The number of carbonyl (C=O) groups excluding carboxylic acids is 5.